The van der Waals surface area contributed by atoms with Gasteiger partial charge in [-0.25, -0.2) is 0 Å². The number of fused-ring (bicyclic) bond motifs is 3. The molecule has 4 rings (SSSR count). The number of aryl methyl sites for hydroxylation is 1. The lowest BCUT2D eigenvalue weighted by molar-refractivity contribution is -0.0957. The molecule has 168 valence electrons. The molecule has 1 aromatic heterocycles. The number of hydrogen-bond donors (Lipinski definition) is 1. The summed E-state index contributed by atoms with van der Waals surface area (Å²) in [5, 5.41) is 0. The van der Waals surface area contributed by atoms with E-state index in [2.05, 4.69) is 20.8 Å². The maximum Gasteiger partial charge on any atom is 0.445 e. The van der Waals surface area contributed by atoms with Crippen molar-refractivity contribution in [1.29, 1.82) is 0 Å². The van der Waals surface area contributed by atoms with Gasteiger partial charge in [0.2, 0.25) is 0 Å². The average molecular weight is 437 g/mol. The molecule has 3 aliphatic carbocycles. The Morgan fingerprint density at radius 1 is 1.20 bits per heavy atom. The van der Waals surface area contributed by atoms with E-state index >= 15 is 0 Å². The fraction of sp³-hybridized carbons (Fsp3) is 0.750. The van der Waals surface area contributed by atoms with Gasteiger partial charge in [-0.1, -0.05) is 27.2 Å². The maximum absolute atomic E-state index is 11.2. The lowest BCUT2D eigenvalue weighted by Gasteiger charge is -2.61. The van der Waals surface area contributed by atoms with Crippen LogP contribution in [0.1, 0.15) is 77.7 Å². The zero-order chi connectivity index (χ0) is 21.6. The Bertz CT molecular complexity index is 869. The molecule has 0 aliphatic heterocycles. The van der Waals surface area contributed by atoms with Crippen molar-refractivity contribution in [3.63, 3.8) is 0 Å². The van der Waals surface area contributed by atoms with E-state index in [4.69, 9.17) is 13.2 Å². The monoisotopic (exact) mass is 436 g/mol. The number of furan rings is 1. The molecule has 1 aromatic rings. The van der Waals surface area contributed by atoms with E-state index < -0.39 is 10.4 Å². The van der Waals surface area contributed by atoms with Crippen LogP contribution in [0.4, 0.5) is 0 Å². The Morgan fingerprint density at radius 2 is 2.00 bits per heavy atom. The number of hydrogen-bond acceptors (Lipinski definition) is 4. The molecule has 5 atom stereocenters. The predicted octanol–water partition coefficient (Wildman–Crippen LogP) is 6.18. The van der Waals surface area contributed by atoms with Crippen LogP contribution in [-0.2, 0) is 21.0 Å². The summed E-state index contributed by atoms with van der Waals surface area (Å²) in [4.78, 5) is 0. The van der Waals surface area contributed by atoms with Crippen LogP contribution in [0.15, 0.2) is 34.8 Å². The first kappa shape index (κ1) is 21.9. The van der Waals surface area contributed by atoms with E-state index in [0.717, 1.165) is 43.1 Å². The fourth-order valence-corrected chi connectivity index (χ4v) is 7.65. The third-order valence-electron chi connectivity index (χ3n) is 8.85. The summed E-state index contributed by atoms with van der Waals surface area (Å²) in [7, 11) is -4.48. The molecule has 1 N–H and O–H groups in total. The summed E-state index contributed by atoms with van der Waals surface area (Å²) < 4.78 is 41.6. The van der Waals surface area contributed by atoms with Crippen molar-refractivity contribution in [1.82, 2.24) is 0 Å². The van der Waals surface area contributed by atoms with Crippen molar-refractivity contribution in [2.75, 3.05) is 0 Å². The second-order valence-electron chi connectivity index (χ2n) is 10.8. The Hall–Kier alpha value is -1.27. The molecule has 0 aromatic carbocycles. The third kappa shape index (κ3) is 4.22. The van der Waals surface area contributed by atoms with Crippen molar-refractivity contribution in [2.45, 2.75) is 78.6 Å². The molecule has 0 saturated heterocycles. The van der Waals surface area contributed by atoms with Crippen LogP contribution in [0.3, 0.4) is 0 Å². The Labute approximate surface area is 181 Å². The van der Waals surface area contributed by atoms with Crippen molar-refractivity contribution >= 4 is 10.4 Å². The third-order valence-corrected chi connectivity index (χ3v) is 9.19. The van der Waals surface area contributed by atoms with Gasteiger partial charge in [-0.3, -0.25) is 4.55 Å². The highest BCUT2D eigenvalue weighted by atomic mass is 32.3. The average Bonchev–Trinajstić information content (AvgIpc) is 3.17. The summed E-state index contributed by atoms with van der Waals surface area (Å²) in [6.45, 7) is 7.34. The molecule has 0 radical (unpaired) electrons. The lowest BCUT2D eigenvalue weighted by Crippen LogP contribution is -2.53. The smallest absolute Gasteiger partial charge is 0.445 e. The highest BCUT2D eigenvalue weighted by Gasteiger charge is 2.56. The zero-order valence-electron chi connectivity index (χ0n) is 18.5. The predicted molar refractivity (Wildman–Crippen MR) is 116 cm³/mol. The zero-order valence-corrected chi connectivity index (χ0v) is 19.3. The van der Waals surface area contributed by atoms with Crippen molar-refractivity contribution in [3.8, 4) is 0 Å². The molecule has 5 nitrogen and oxygen atoms in total. The minimum atomic E-state index is -4.48. The summed E-state index contributed by atoms with van der Waals surface area (Å²) in [6.07, 6.45) is 15.0. The SMILES string of the molecule is CC1(C)CCC[C@H]2[C@H]1CC[C@@]1(C)[C@@H]2CC/C(=C\OS(=O)(=O)O)[C@@H]1CCc1ccoc1. The first-order valence-electron chi connectivity index (χ1n) is 11.5. The fourth-order valence-electron chi connectivity index (χ4n) is 7.41. The first-order valence-corrected chi connectivity index (χ1v) is 12.8. The molecule has 0 unspecified atom stereocenters. The molecule has 30 heavy (non-hydrogen) atoms. The van der Waals surface area contributed by atoms with Crippen LogP contribution in [0.5, 0.6) is 0 Å². The molecule has 3 saturated carbocycles. The summed E-state index contributed by atoms with van der Waals surface area (Å²) in [6, 6.07) is 2.00. The molecular weight excluding hydrogens is 400 g/mol. The van der Waals surface area contributed by atoms with Gasteiger partial charge < -0.3 is 8.60 Å². The van der Waals surface area contributed by atoms with Gasteiger partial charge in [-0.2, -0.15) is 8.42 Å². The van der Waals surface area contributed by atoms with E-state index in [9.17, 15) is 8.42 Å². The topological polar surface area (TPSA) is 76.7 Å². The van der Waals surface area contributed by atoms with Crippen molar-refractivity contribution < 1.29 is 21.6 Å². The summed E-state index contributed by atoms with van der Waals surface area (Å²) in [5.74, 6) is 2.46. The Balaban J connectivity index is 1.63. The molecule has 1 heterocycles. The molecule has 3 aliphatic rings. The van der Waals surface area contributed by atoms with Crippen molar-refractivity contribution in [2.24, 2.45) is 34.5 Å². The summed E-state index contributed by atoms with van der Waals surface area (Å²) >= 11 is 0. The Kier molecular flexibility index (Phi) is 5.86. The van der Waals surface area contributed by atoms with E-state index in [1.54, 1.807) is 12.5 Å². The van der Waals surface area contributed by atoms with Crippen LogP contribution in [0.2, 0.25) is 0 Å². The van der Waals surface area contributed by atoms with Gasteiger partial charge >= 0.3 is 10.4 Å². The molecule has 0 spiro atoms. The number of allylic oxidation sites excluding steroid dienone is 1. The molecule has 0 bridgehead atoms. The normalized spacial score (nSPS) is 37.4. The van der Waals surface area contributed by atoms with E-state index in [1.165, 1.54) is 43.9 Å². The molecule has 6 heteroatoms. The quantitative estimate of drug-likeness (QED) is 0.440. The largest absolute Gasteiger partial charge is 0.472 e. The van der Waals surface area contributed by atoms with Gasteiger partial charge in [0.15, 0.2) is 0 Å². The number of rotatable bonds is 5. The van der Waals surface area contributed by atoms with Gasteiger partial charge in [0.05, 0.1) is 12.5 Å². The Morgan fingerprint density at radius 3 is 2.70 bits per heavy atom. The van der Waals surface area contributed by atoms with Crippen LogP contribution in [-0.4, -0.2) is 13.0 Å². The molecule has 3 fully saturated rings. The van der Waals surface area contributed by atoms with Crippen molar-refractivity contribution in [3.05, 3.63) is 36.0 Å². The minimum Gasteiger partial charge on any atom is -0.472 e. The van der Waals surface area contributed by atoms with Crippen LogP contribution < -0.4 is 0 Å². The summed E-state index contributed by atoms with van der Waals surface area (Å²) in [5.41, 5.74) is 2.75. The van der Waals surface area contributed by atoms with E-state index in [0.29, 0.717) is 11.3 Å². The van der Waals surface area contributed by atoms with Gasteiger partial charge in [-0.05, 0) is 103 Å². The second-order valence-corrected chi connectivity index (χ2v) is 11.8. The highest BCUT2D eigenvalue weighted by molar-refractivity contribution is 7.81. The van der Waals surface area contributed by atoms with E-state index in [-0.39, 0.29) is 11.3 Å². The highest BCUT2D eigenvalue weighted by Crippen LogP contribution is 2.64. The minimum absolute atomic E-state index is 0.130. The van der Waals surface area contributed by atoms with Crippen LogP contribution in [0.25, 0.3) is 0 Å². The maximum atomic E-state index is 11.2. The van der Waals surface area contributed by atoms with Gasteiger partial charge in [0.25, 0.3) is 0 Å². The second kappa shape index (κ2) is 8.01. The van der Waals surface area contributed by atoms with Gasteiger partial charge in [0.1, 0.15) is 6.26 Å². The molecule has 0 amide bonds. The molecular formula is C24H36O5S. The van der Waals surface area contributed by atoms with E-state index in [1.807, 2.05) is 6.07 Å². The van der Waals surface area contributed by atoms with Crippen LogP contribution >= 0.6 is 0 Å². The first-order chi connectivity index (χ1) is 14.1. The van der Waals surface area contributed by atoms with Gasteiger partial charge in [0, 0.05) is 0 Å². The van der Waals surface area contributed by atoms with Gasteiger partial charge in [-0.15, -0.1) is 0 Å². The standard InChI is InChI=1S/C24H36O5S/c1-23(2)12-4-5-19-21(23)10-13-24(3)20(8-6-17-11-14-28-15-17)18(7-9-22(19)24)16-29-30(25,26)27/h11,14-16,19-22H,4-10,12-13H2,1-3H3,(H,25,26,27)/b18-16+/t19-,20-,21+,22+,24+/m0/s1. The van der Waals surface area contributed by atoms with Crippen LogP contribution in [0, 0.1) is 34.5 Å². The lowest BCUT2D eigenvalue weighted by atomic mass is 9.44.